The summed E-state index contributed by atoms with van der Waals surface area (Å²) in [6.07, 6.45) is 2.08. The summed E-state index contributed by atoms with van der Waals surface area (Å²) in [4.78, 5) is 14.4. The minimum absolute atomic E-state index is 0.0289. The van der Waals surface area contributed by atoms with Crippen molar-refractivity contribution in [2.24, 2.45) is 0 Å². The van der Waals surface area contributed by atoms with Gasteiger partial charge in [-0.25, -0.2) is 8.42 Å². The predicted octanol–water partition coefficient (Wildman–Crippen LogP) is 1.78. The summed E-state index contributed by atoms with van der Waals surface area (Å²) in [7, 11) is -3.08. The SMILES string of the molecule is O=C1/C(=C/c2cccc(O)c2)SC(=S)N1[C@@H]1CCS(=O)(=O)C1. The Labute approximate surface area is 137 Å². The fourth-order valence-corrected chi connectivity index (χ4v) is 5.64. The van der Waals surface area contributed by atoms with Gasteiger partial charge in [-0.3, -0.25) is 9.69 Å². The van der Waals surface area contributed by atoms with Crippen molar-refractivity contribution in [3.05, 3.63) is 34.7 Å². The van der Waals surface area contributed by atoms with Crippen LogP contribution in [-0.4, -0.2) is 46.2 Å². The van der Waals surface area contributed by atoms with Crippen LogP contribution in [0.15, 0.2) is 29.2 Å². The molecular weight excluding hydrogens is 342 g/mol. The summed E-state index contributed by atoms with van der Waals surface area (Å²) in [6, 6.07) is 6.18. The molecule has 0 saturated carbocycles. The third-order valence-electron chi connectivity index (χ3n) is 3.57. The van der Waals surface area contributed by atoms with Crippen molar-refractivity contribution in [3.63, 3.8) is 0 Å². The second kappa shape index (κ2) is 5.68. The van der Waals surface area contributed by atoms with E-state index >= 15 is 0 Å². The van der Waals surface area contributed by atoms with Crippen LogP contribution in [0.5, 0.6) is 5.75 Å². The highest BCUT2D eigenvalue weighted by Crippen LogP contribution is 2.36. The molecule has 1 aromatic rings. The molecule has 2 aliphatic heterocycles. The molecule has 0 aliphatic carbocycles. The quantitative estimate of drug-likeness (QED) is 0.644. The van der Waals surface area contributed by atoms with Crippen molar-refractivity contribution in [1.29, 1.82) is 0 Å². The lowest BCUT2D eigenvalue weighted by Crippen LogP contribution is -2.39. The van der Waals surface area contributed by atoms with Gasteiger partial charge in [0.25, 0.3) is 5.91 Å². The number of thiocarbonyl (C=S) groups is 1. The standard InChI is InChI=1S/C14H13NO4S3/c16-11-3-1-2-9(6-11)7-12-13(17)15(14(20)21-12)10-4-5-22(18,19)8-10/h1-3,6-7,10,16H,4-5,8H2/b12-7-/t10-/m1/s1. The molecular formula is C14H13NO4S3. The van der Waals surface area contributed by atoms with Gasteiger partial charge < -0.3 is 5.11 Å². The molecule has 0 bridgehead atoms. The van der Waals surface area contributed by atoms with Gasteiger partial charge in [0, 0.05) is 0 Å². The van der Waals surface area contributed by atoms with Crippen LogP contribution in [0.2, 0.25) is 0 Å². The van der Waals surface area contributed by atoms with Gasteiger partial charge in [0.1, 0.15) is 10.1 Å². The summed E-state index contributed by atoms with van der Waals surface area (Å²) < 4.78 is 23.6. The average molecular weight is 355 g/mol. The Balaban J connectivity index is 1.86. The number of thioether (sulfide) groups is 1. The van der Waals surface area contributed by atoms with Gasteiger partial charge >= 0.3 is 0 Å². The van der Waals surface area contributed by atoms with Crippen molar-refractivity contribution in [3.8, 4) is 5.75 Å². The zero-order chi connectivity index (χ0) is 15.9. The van der Waals surface area contributed by atoms with E-state index in [0.29, 0.717) is 21.2 Å². The number of carbonyl (C=O) groups is 1. The first kappa shape index (κ1) is 15.5. The largest absolute Gasteiger partial charge is 0.508 e. The summed E-state index contributed by atoms with van der Waals surface area (Å²) in [5.41, 5.74) is 0.694. The second-order valence-corrected chi connectivity index (χ2v) is 9.11. The summed E-state index contributed by atoms with van der Waals surface area (Å²) in [5.74, 6) is -0.0781. The molecule has 2 heterocycles. The van der Waals surface area contributed by atoms with Gasteiger partial charge in [0.2, 0.25) is 0 Å². The van der Waals surface area contributed by atoms with Crippen LogP contribution in [0.1, 0.15) is 12.0 Å². The number of benzene rings is 1. The first-order valence-corrected chi connectivity index (χ1v) is 9.67. The highest BCUT2D eigenvalue weighted by molar-refractivity contribution is 8.26. The molecule has 8 heteroatoms. The Kier molecular flexibility index (Phi) is 4.00. The first-order valence-electron chi connectivity index (χ1n) is 6.62. The fourth-order valence-electron chi connectivity index (χ4n) is 2.54. The molecule has 0 spiro atoms. The van der Waals surface area contributed by atoms with E-state index in [2.05, 4.69) is 0 Å². The number of carbonyl (C=O) groups excluding carboxylic acids is 1. The number of phenols is 1. The van der Waals surface area contributed by atoms with Crippen LogP contribution >= 0.6 is 24.0 Å². The molecule has 3 rings (SSSR count). The minimum Gasteiger partial charge on any atom is -0.508 e. The van der Waals surface area contributed by atoms with Crippen molar-refractivity contribution in [2.75, 3.05) is 11.5 Å². The zero-order valence-corrected chi connectivity index (χ0v) is 13.9. The van der Waals surface area contributed by atoms with Gasteiger partial charge in [-0.05, 0) is 30.2 Å². The molecule has 1 atom stereocenters. The molecule has 1 aromatic carbocycles. The van der Waals surface area contributed by atoms with Crippen molar-refractivity contribution >= 4 is 50.1 Å². The molecule has 0 radical (unpaired) electrons. The minimum atomic E-state index is -3.08. The van der Waals surface area contributed by atoms with Crippen molar-refractivity contribution < 1.29 is 18.3 Å². The highest BCUT2D eigenvalue weighted by atomic mass is 32.2. The van der Waals surface area contributed by atoms with Crippen molar-refractivity contribution in [1.82, 2.24) is 4.90 Å². The maximum atomic E-state index is 12.5. The van der Waals surface area contributed by atoms with Crippen LogP contribution in [-0.2, 0) is 14.6 Å². The Morgan fingerprint density at radius 2 is 2.18 bits per heavy atom. The van der Waals surface area contributed by atoms with Crippen LogP contribution < -0.4 is 0 Å². The van der Waals surface area contributed by atoms with E-state index in [4.69, 9.17) is 12.2 Å². The Bertz CT molecular complexity index is 785. The van der Waals surface area contributed by atoms with E-state index in [9.17, 15) is 18.3 Å². The average Bonchev–Trinajstić information content (AvgIpc) is 2.90. The van der Waals surface area contributed by atoms with Crippen LogP contribution in [0.4, 0.5) is 0 Å². The van der Waals surface area contributed by atoms with E-state index < -0.39 is 9.84 Å². The maximum absolute atomic E-state index is 12.5. The highest BCUT2D eigenvalue weighted by Gasteiger charge is 2.42. The molecule has 2 saturated heterocycles. The normalized spacial score (nSPS) is 26.1. The predicted molar refractivity (Wildman–Crippen MR) is 90.2 cm³/mol. The van der Waals surface area contributed by atoms with E-state index in [1.54, 1.807) is 30.3 Å². The van der Waals surface area contributed by atoms with Gasteiger partial charge in [-0.1, -0.05) is 36.1 Å². The Morgan fingerprint density at radius 1 is 1.41 bits per heavy atom. The van der Waals surface area contributed by atoms with E-state index in [1.165, 1.54) is 4.90 Å². The lowest BCUT2D eigenvalue weighted by molar-refractivity contribution is -0.123. The first-order chi connectivity index (χ1) is 10.4. The molecule has 2 aliphatic rings. The molecule has 1 amide bonds. The molecule has 5 nitrogen and oxygen atoms in total. The molecule has 0 unspecified atom stereocenters. The number of hydrogen-bond acceptors (Lipinski definition) is 6. The smallest absolute Gasteiger partial charge is 0.266 e. The summed E-state index contributed by atoms with van der Waals surface area (Å²) in [6.45, 7) is 0. The fraction of sp³-hybridized carbons (Fsp3) is 0.286. The Morgan fingerprint density at radius 3 is 2.82 bits per heavy atom. The number of rotatable bonds is 2. The topological polar surface area (TPSA) is 74.7 Å². The Hall–Kier alpha value is -1.38. The van der Waals surface area contributed by atoms with Crippen LogP contribution in [0.3, 0.4) is 0 Å². The maximum Gasteiger partial charge on any atom is 0.266 e. The number of phenolic OH excluding ortho intramolecular Hbond substituents is 1. The van der Waals surface area contributed by atoms with E-state index in [1.807, 2.05) is 0 Å². The number of amides is 1. The van der Waals surface area contributed by atoms with Crippen LogP contribution in [0, 0.1) is 0 Å². The second-order valence-electron chi connectivity index (χ2n) is 5.20. The van der Waals surface area contributed by atoms with E-state index in [0.717, 1.165) is 11.8 Å². The molecule has 116 valence electrons. The number of hydrogen-bond donors (Lipinski definition) is 1. The van der Waals surface area contributed by atoms with Gasteiger partial charge in [-0.15, -0.1) is 0 Å². The molecule has 22 heavy (non-hydrogen) atoms. The molecule has 1 N–H and O–H groups in total. The monoisotopic (exact) mass is 355 g/mol. The van der Waals surface area contributed by atoms with Crippen molar-refractivity contribution in [2.45, 2.75) is 12.5 Å². The molecule has 0 aromatic heterocycles. The summed E-state index contributed by atoms with van der Waals surface area (Å²) >= 11 is 6.39. The lowest BCUT2D eigenvalue weighted by atomic mass is 10.2. The van der Waals surface area contributed by atoms with Gasteiger partial charge in [-0.2, -0.15) is 0 Å². The third-order valence-corrected chi connectivity index (χ3v) is 6.65. The van der Waals surface area contributed by atoms with Gasteiger partial charge in [0.05, 0.1) is 22.5 Å². The van der Waals surface area contributed by atoms with Gasteiger partial charge in [0.15, 0.2) is 9.84 Å². The summed E-state index contributed by atoms with van der Waals surface area (Å²) in [5, 5.41) is 9.46. The number of nitrogens with zero attached hydrogens (tertiary/aromatic N) is 1. The number of aromatic hydroxyl groups is 1. The van der Waals surface area contributed by atoms with E-state index in [-0.39, 0.29) is 29.2 Å². The third kappa shape index (κ3) is 3.04. The lowest BCUT2D eigenvalue weighted by Gasteiger charge is -2.20. The van der Waals surface area contributed by atoms with Crippen LogP contribution in [0.25, 0.3) is 6.08 Å². The zero-order valence-electron chi connectivity index (χ0n) is 11.4. The molecule has 2 fully saturated rings. The number of sulfone groups is 1.